The van der Waals surface area contributed by atoms with Crippen LogP contribution in [0.5, 0.6) is 5.75 Å². The smallest absolute Gasteiger partial charge is 0.122 e. The summed E-state index contributed by atoms with van der Waals surface area (Å²) in [5.41, 5.74) is 3.72. The molecule has 110 valence electrons. The van der Waals surface area contributed by atoms with Gasteiger partial charge in [-0.15, -0.1) is 0 Å². The van der Waals surface area contributed by atoms with Crippen molar-refractivity contribution in [3.8, 4) is 5.75 Å². The minimum Gasteiger partial charge on any atom is -0.493 e. The van der Waals surface area contributed by atoms with Crippen molar-refractivity contribution in [1.82, 2.24) is 10.3 Å². The quantitative estimate of drug-likeness (QED) is 0.917. The molecular formula is C17H19ClN2O. The standard InChI is InChI=1S/C17H19ClN2O/c1-19-15(16-6-4-14(18)11-20-16)5-2-12-3-7-17-13(10-12)8-9-21-17/h3-4,6-7,10-11,15,19H,2,5,8-9H2,1H3. The van der Waals surface area contributed by atoms with Gasteiger partial charge in [-0.25, -0.2) is 0 Å². The Morgan fingerprint density at radius 1 is 1.33 bits per heavy atom. The van der Waals surface area contributed by atoms with Crippen LogP contribution in [-0.2, 0) is 12.8 Å². The van der Waals surface area contributed by atoms with Crippen LogP contribution in [0.4, 0.5) is 0 Å². The van der Waals surface area contributed by atoms with E-state index in [4.69, 9.17) is 16.3 Å². The summed E-state index contributed by atoms with van der Waals surface area (Å²) in [6.07, 6.45) is 4.75. The molecule has 1 aromatic carbocycles. The lowest BCUT2D eigenvalue weighted by atomic mass is 10.0. The number of rotatable bonds is 5. The number of halogens is 1. The number of nitrogens with zero attached hydrogens (tertiary/aromatic N) is 1. The molecule has 2 heterocycles. The summed E-state index contributed by atoms with van der Waals surface area (Å²) in [6, 6.07) is 10.6. The lowest BCUT2D eigenvalue weighted by molar-refractivity contribution is 0.357. The van der Waals surface area contributed by atoms with Crippen LogP contribution in [0.3, 0.4) is 0 Å². The molecule has 0 bridgehead atoms. The van der Waals surface area contributed by atoms with Gasteiger partial charge in [0.25, 0.3) is 0 Å². The Balaban J connectivity index is 1.66. The highest BCUT2D eigenvalue weighted by Crippen LogP contribution is 2.27. The van der Waals surface area contributed by atoms with E-state index in [0.717, 1.165) is 37.3 Å². The van der Waals surface area contributed by atoms with Crippen LogP contribution in [0.2, 0.25) is 5.02 Å². The van der Waals surface area contributed by atoms with Crippen LogP contribution < -0.4 is 10.1 Å². The first kappa shape index (κ1) is 14.4. The Morgan fingerprint density at radius 2 is 2.24 bits per heavy atom. The molecule has 1 N–H and O–H groups in total. The van der Waals surface area contributed by atoms with E-state index in [-0.39, 0.29) is 6.04 Å². The minimum atomic E-state index is 0.242. The summed E-state index contributed by atoms with van der Waals surface area (Å²) in [5.74, 6) is 1.04. The zero-order chi connectivity index (χ0) is 14.7. The summed E-state index contributed by atoms with van der Waals surface area (Å²) < 4.78 is 5.55. The second kappa shape index (κ2) is 6.46. The highest BCUT2D eigenvalue weighted by atomic mass is 35.5. The second-order valence-corrected chi connectivity index (χ2v) is 5.76. The maximum Gasteiger partial charge on any atom is 0.122 e. The van der Waals surface area contributed by atoms with Gasteiger partial charge in [-0.05, 0) is 49.2 Å². The molecule has 1 unspecified atom stereocenters. The number of aromatic nitrogens is 1. The largest absolute Gasteiger partial charge is 0.493 e. The van der Waals surface area contributed by atoms with E-state index < -0.39 is 0 Å². The van der Waals surface area contributed by atoms with Gasteiger partial charge in [0.1, 0.15) is 5.75 Å². The molecule has 3 nitrogen and oxygen atoms in total. The molecule has 3 rings (SSSR count). The third kappa shape index (κ3) is 3.36. The molecular weight excluding hydrogens is 284 g/mol. The average Bonchev–Trinajstić information content (AvgIpc) is 2.97. The third-order valence-corrected chi connectivity index (χ3v) is 4.15. The van der Waals surface area contributed by atoms with Crippen molar-refractivity contribution in [3.05, 3.63) is 58.4 Å². The second-order valence-electron chi connectivity index (χ2n) is 5.32. The highest BCUT2D eigenvalue weighted by molar-refractivity contribution is 6.30. The van der Waals surface area contributed by atoms with Gasteiger partial charge in [-0.2, -0.15) is 0 Å². The van der Waals surface area contributed by atoms with Gasteiger partial charge >= 0.3 is 0 Å². The summed E-state index contributed by atoms with van der Waals surface area (Å²) in [7, 11) is 1.97. The molecule has 0 saturated carbocycles. The number of pyridine rings is 1. The van der Waals surface area contributed by atoms with Crippen LogP contribution in [0, 0.1) is 0 Å². The van der Waals surface area contributed by atoms with Crippen molar-refractivity contribution in [2.75, 3.05) is 13.7 Å². The van der Waals surface area contributed by atoms with Crippen molar-refractivity contribution in [3.63, 3.8) is 0 Å². The number of aryl methyl sites for hydroxylation is 1. The van der Waals surface area contributed by atoms with Crippen LogP contribution >= 0.6 is 11.6 Å². The highest BCUT2D eigenvalue weighted by Gasteiger charge is 2.14. The van der Waals surface area contributed by atoms with Crippen LogP contribution in [0.15, 0.2) is 36.5 Å². The molecule has 1 atom stereocenters. The third-order valence-electron chi connectivity index (χ3n) is 3.93. The summed E-state index contributed by atoms with van der Waals surface area (Å²) in [6.45, 7) is 0.812. The molecule has 0 aliphatic carbocycles. The maximum atomic E-state index is 5.89. The number of hydrogen-bond donors (Lipinski definition) is 1. The van der Waals surface area contributed by atoms with Gasteiger partial charge in [0.15, 0.2) is 0 Å². The van der Waals surface area contributed by atoms with E-state index in [2.05, 4.69) is 28.5 Å². The molecule has 0 radical (unpaired) electrons. The Hall–Kier alpha value is -1.58. The maximum absolute atomic E-state index is 5.89. The van der Waals surface area contributed by atoms with Gasteiger partial charge in [0.05, 0.1) is 17.3 Å². The Morgan fingerprint density at radius 3 is 3.00 bits per heavy atom. The predicted octanol–water partition coefficient (Wildman–Crippen LogP) is 3.56. The molecule has 0 fully saturated rings. The van der Waals surface area contributed by atoms with E-state index in [9.17, 15) is 0 Å². The van der Waals surface area contributed by atoms with Crippen molar-refractivity contribution in [2.45, 2.75) is 25.3 Å². The number of fused-ring (bicyclic) bond motifs is 1. The molecule has 0 saturated heterocycles. The summed E-state index contributed by atoms with van der Waals surface area (Å²) in [4.78, 5) is 4.41. The van der Waals surface area contributed by atoms with Crippen molar-refractivity contribution in [2.24, 2.45) is 0 Å². The predicted molar refractivity (Wildman–Crippen MR) is 85.0 cm³/mol. The van der Waals surface area contributed by atoms with Gasteiger partial charge in [-0.3, -0.25) is 4.98 Å². The first-order valence-electron chi connectivity index (χ1n) is 7.29. The van der Waals surface area contributed by atoms with Crippen LogP contribution in [-0.4, -0.2) is 18.6 Å². The topological polar surface area (TPSA) is 34.1 Å². The number of ether oxygens (including phenoxy) is 1. The molecule has 0 amide bonds. The number of nitrogens with one attached hydrogen (secondary N) is 1. The Kier molecular flexibility index (Phi) is 4.42. The molecule has 2 aromatic rings. The van der Waals surface area contributed by atoms with Gasteiger partial charge in [0, 0.05) is 18.7 Å². The normalized spacial score (nSPS) is 14.6. The summed E-state index contributed by atoms with van der Waals surface area (Å²) in [5, 5.41) is 4.00. The van der Waals surface area contributed by atoms with E-state index in [1.807, 2.05) is 19.2 Å². The molecule has 4 heteroatoms. The summed E-state index contributed by atoms with van der Waals surface area (Å²) >= 11 is 5.89. The molecule has 21 heavy (non-hydrogen) atoms. The van der Waals surface area contributed by atoms with Gasteiger partial charge in [0.2, 0.25) is 0 Å². The minimum absolute atomic E-state index is 0.242. The molecule has 0 spiro atoms. The fourth-order valence-electron chi connectivity index (χ4n) is 2.74. The SMILES string of the molecule is CNC(CCc1ccc2c(c1)CCO2)c1ccc(Cl)cn1. The Labute approximate surface area is 130 Å². The first-order chi connectivity index (χ1) is 10.3. The number of hydrogen-bond acceptors (Lipinski definition) is 3. The van der Waals surface area contributed by atoms with Crippen LogP contribution in [0.25, 0.3) is 0 Å². The van der Waals surface area contributed by atoms with Gasteiger partial charge < -0.3 is 10.1 Å². The van der Waals surface area contributed by atoms with Gasteiger partial charge in [-0.1, -0.05) is 23.7 Å². The van der Waals surface area contributed by atoms with E-state index in [1.165, 1.54) is 11.1 Å². The zero-order valence-electron chi connectivity index (χ0n) is 12.1. The van der Waals surface area contributed by atoms with Crippen molar-refractivity contribution < 1.29 is 4.74 Å². The zero-order valence-corrected chi connectivity index (χ0v) is 12.9. The number of benzene rings is 1. The fraction of sp³-hybridized carbons (Fsp3) is 0.353. The van der Waals surface area contributed by atoms with Crippen molar-refractivity contribution in [1.29, 1.82) is 0 Å². The molecule has 1 aliphatic heterocycles. The fourth-order valence-corrected chi connectivity index (χ4v) is 2.85. The van der Waals surface area contributed by atoms with E-state index in [1.54, 1.807) is 6.20 Å². The molecule has 1 aromatic heterocycles. The average molecular weight is 303 g/mol. The van der Waals surface area contributed by atoms with Crippen LogP contribution in [0.1, 0.15) is 29.3 Å². The van der Waals surface area contributed by atoms with E-state index >= 15 is 0 Å². The Bertz CT molecular complexity index is 613. The molecule has 1 aliphatic rings. The monoisotopic (exact) mass is 302 g/mol. The first-order valence-corrected chi connectivity index (χ1v) is 7.67. The lowest BCUT2D eigenvalue weighted by Gasteiger charge is -2.16. The lowest BCUT2D eigenvalue weighted by Crippen LogP contribution is -2.18. The van der Waals surface area contributed by atoms with Crippen molar-refractivity contribution >= 4 is 11.6 Å². The van der Waals surface area contributed by atoms with E-state index in [0.29, 0.717) is 5.02 Å².